The molecule has 1 aromatic rings. The number of aliphatic hydroxyl groups excluding tert-OH is 1. The highest BCUT2D eigenvalue weighted by Crippen LogP contribution is 2.28. The third kappa shape index (κ3) is 4.31. The molecule has 0 bridgehead atoms. The van der Waals surface area contributed by atoms with Gasteiger partial charge in [-0.25, -0.2) is 0 Å². The summed E-state index contributed by atoms with van der Waals surface area (Å²) in [6.07, 6.45) is 8.15. The molecule has 0 aliphatic heterocycles. The van der Waals surface area contributed by atoms with Gasteiger partial charge in [0.05, 0.1) is 0 Å². The first-order valence-corrected chi connectivity index (χ1v) is 7.07. The minimum absolute atomic E-state index is 0.139. The number of hydrogen-bond donors (Lipinski definition) is 2. The van der Waals surface area contributed by atoms with Crippen molar-refractivity contribution in [1.82, 2.24) is 10.3 Å². The van der Waals surface area contributed by atoms with Crippen molar-refractivity contribution in [2.45, 2.75) is 32.1 Å². The van der Waals surface area contributed by atoms with E-state index in [1.807, 2.05) is 12.1 Å². The highest BCUT2D eigenvalue weighted by Gasteiger charge is 2.25. The fraction of sp³-hybridized carbons (Fsp3) is 0.600. The average molecular weight is 262 g/mol. The summed E-state index contributed by atoms with van der Waals surface area (Å²) < 4.78 is 0. The van der Waals surface area contributed by atoms with Gasteiger partial charge >= 0.3 is 0 Å². The molecule has 0 atom stereocenters. The Morgan fingerprint density at radius 1 is 1.26 bits per heavy atom. The Labute approximate surface area is 114 Å². The van der Waals surface area contributed by atoms with E-state index in [2.05, 4.69) is 10.3 Å². The first-order chi connectivity index (χ1) is 9.29. The number of aromatic nitrogens is 1. The molecule has 1 aliphatic rings. The first kappa shape index (κ1) is 14.0. The molecule has 1 amide bonds. The summed E-state index contributed by atoms with van der Waals surface area (Å²) in [4.78, 5) is 16.0. The van der Waals surface area contributed by atoms with Gasteiger partial charge in [0, 0.05) is 31.5 Å². The molecule has 4 heteroatoms. The second kappa shape index (κ2) is 7.24. The monoisotopic (exact) mass is 262 g/mol. The molecule has 104 valence electrons. The largest absolute Gasteiger partial charge is 0.396 e. The predicted molar refractivity (Wildman–Crippen MR) is 73.5 cm³/mol. The van der Waals surface area contributed by atoms with Gasteiger partial charge in [-0.05, 0) is 55.7 Å². The smallest absolute Gasteiger partial charge is 0.223 e. The van der Waals surface area contributed by atoms with Crippen molar-refractivity contribution in [1.29, 1.82) is 0 Å². The van der Waals surface area contributed by atoms with Crippen LogP contribution in [0.4, 0.5) is 0 Å². The molecule has 1 heterocycles. The number of hydrogen-bond acceptors (Lipinski definition) is 3. The quantitative estimate of drug-likeness (QED) is 0.846. The third-order valence-corrected chi connectivity index (χ3v) is 3.94. The molecule has 4 nitrogen and oxygen atoms in total. The number of carbonyl (C=O) groups excluding carboxylic acids is 1. The topological polar surface area (TPSA) is 62.2 Å². The van der Waals surface area contributed by atoms with Crippen molar-refractivity contribution in [2.75, 3.05) is 13.2 Å². The van der Waals surface area contributed by atoms with E-state index in [1.165, 1.54) is 5.56 Å². The predicted octanol–water partition coefficient (Wildman–Crippen LogP) is 1.54. The van der Waals surface area contributed by atoms with E-state index in [1.54, 1.807) is 12.4 Å². The van der Waals surface area contributed by atoms with E-state index in [0.29, 0.717) is 12.5 Å². The SMILES string of the molecule is O=C(NCCc1ccncc1)C1CCC(CO)CC1. The Morgan fingerprint density at radius 3 is 2.58 bits per heavy atom. The maximum atomic E-state index is 12.0. The van der Waals surface area contributed by atoms with Crippen LogP contribution in [-0.4, -0.2) is 29.1 Å². The number of pyridine rings is 1. The minimum atomic E-state index is 0.139. The number of nitrogens with zero attached hydrogens (tertiary/aromatic N) is 1. The zero-order valence-electron chi connectivity index (χ0n) is 11.2. The van der Waals surface area contributed by atoms with Gasteiger partial charge in [-0.15, -0.1) is 0 Å². The molecular formula is C15H22N2O2. The van der Waals surface area contributed by atoms with Crippen LogP contribution in [0.25, 0.3) is 0 Å². The molecule has 0 spiro atoms. The van der Waals surface area contributed by atoms with Crippen LogP contribution in [0.3, 0.4) is 0 Å². The van der Waals surface area contributed by atoms with Crippen LogP contribution in [0.5, 0.6) is 0 Å². The molecule has 1 saturated carbocycles. The molecular weight excluding hydrogens is 240 g/mol. The summed E-state index contributed by atoms with van der Waals surface area (Å²) in [5.74, 6) is 0.714. The highest BCUT2D eigenvalue weighted by atomic mass is 16.3. The Kier molecular flexibility index (Phi) is 5.33. The summed E-state index contributed by atoms with van der Waals surface area (Å²) in [6, 6.07) is 3.94. The van der Waals surface area contributed by atoms with Gasteiger partial charge in [-0.1, -0.05) is 0 Å². The highest BCUT2D eigenvalue weighted by molar-refractivity contribution is 5.78. The molecule has 2 rings (SSSR count). The zero-order valence-corrected chi connectivity index (χ0v) is 11.2. The Balaban J connectivity index is 1.67. The molecule has 19 heavy (non-hydrogen) atoms. The van der Waals surface area contributed by atoms with Crippen LogP contribution in [0.15, 0.2) is 24.5 Å². The number of aliphatic hydroxyl groups is 1. The number of carbonyl (C=O) groups is 1. The second-order valence-corrected chi connectivity index (χ2v) is 5.30. The molecule has 1 aromatic heterocycles. The molecule has 0 radical (unpaired) electrons. The third-order valence-electron chi connectivity index (χ3n) is 3.94. The summed E-state index contributed by atoms with van der Waals surface area (Å²) in [5.41, 5.74) is 1.19. The van der Waals surface area contributed by atoms with Crippen LogP contribution >= 0.6 is 0 Å². The maximum Gasteiger partial charge on any atom is 0.223 e. The van der Waals surface area contributed by atoms with Crippen LogP contribution in [-0.2, 0) is 11.2 Å². The van der Waals surface area contributed by atoms with E-state index in [0.717, 1.165) is 32.1 Å². The zero-order chi connectivity index (χ0) is 13.5. The molecule has 2 N–H and O–H groups in total. The minimum Gasteiger partial charge on any atom is -0.396 e. The Morgan fingerprint density at radius 2 is 1.95 bits per heavy atom. The molecule has 0 saturated heterocycles. The fourth-order valence-electron chi connectivity index (χ4n) is 2.63. The average Bonchev–Trinajstić information content (AvgIpc) is 2.48. The van der Waals surface area contributed by atoms with Gasteiger partial charge in [0.15, 0.2) is 0 Å². The normalized spacial score (nSPS) is 23.0. The van der Waals surface area contributed by atoms with Crippen LogP contribution in [0.2, 0.25) is 0 Å². The Bertz CT molecular complexity index is 386. The second-order valence-electron chi connectivity index (χ2n) is 5.30. The van der Waals surface area contributed by atoms with Gasteiger partial charge < -0.3 is 10.4 Å². The lowest BCUT2D eigenvalue weighted by atomic mass is 9.82. The molecule has 0 unspecified atom stereocenters. The van der Waals surface area contributed by atoms with Crippen LogP contribution in [0, 0.1) is 11.8 Å². The lowest BCUT2D eigenvalue weighted by molar-refractivity contribution is -0.126. The molecule has 1 fully saturated rings. The lowest BCUT2D eigenvalue weighted by Gasteiger charge is -2.26. The van der Waals surface area contributed by atoms with Gasteiger partial charge in [0.1, 0.15) is 0 Å². The van der Waals surface area contributed by atoms with E-state index in [4.69, 9.17) is 5.11 Å². The maximum absolute atomic E-state index is 12.0. The van der Waals surface area contributed by atoms with Crippen LogP contribution in [0.1, 0.15) is 31.2 Å². The van der Waals surface area contributed by atoms with Crippen molar-refractivity contribution in [2.24, 2.45) is 11.8 Å². The van der Waals surface area contributed by atoms with Crippen molar-refractivity contribution >= 4 is 5.91 Å². The van der Waals surface area contributed by atoms with E-state index in [9.17, 15) is 4.79 Å². The van der Waals surface area contributed by atoms with Gasteiger partial charge in [-0.3, -0.25) is 9.78 Å². The lowest BCUT2D eigenvalue weighted by Crippen LogP contribution is -2.34. The van der Waals surface area contributed by atoms with E-state index in [-0.39, 0.29) is 18.4 Å². The molecule has 1 aliphatic carbocycles. The van der Waals surface area contributed by atoms with Crippen LogP contribution < -0.4 is 5.32 Å². The van der Waals surface area contributed by atoms with Crippen molar-refractivity contribution in [3.8, 4) is 0 Å². The van der Waals surface area contributed by atoms with Crippen molar-refractivity contribution < 1.29 is 9.90 Å². The van der Waals surface area contributed by atoms with E-state index < -0.39 is 0 Å². The van der Waals surface area contributed by atoms with Gasteiger partial charge in [0.25, 0.3) is 0 Å². The fourth-order valence-corrected chi connectivity index (χ4v) is 2.63. The van der Waals surface area contributed by atoms with Crippen molar-refractivity contribution in [3.63, 3.8) is 0 Å². The molecule has 0 aromatic carbocycles. The van der Waals surface area contributed by atoms with Crippen molar-refractivity contribution in [3.05, 3.63) is 30.1 Å². The summed E-state index contributed by atoms with van der Waals surface area (Å²) in [5, 5.41) is 12.1. The first-order valence-electron chi connectivity index (χ1n) is 7.07. The summed E-state index contributed by atoms with van der Waals surface area (Å²) >= 11 is 0. The standard InChI is InChI=1S/C15H22N2O2/c18-11-13-1-3-14(4-2-13)15(19)17-10-7-12-5-8-16-9-6-12/h5-6,8-9,13-14,18H,1-4,7,10-11H2,(H,17,19). The number of nitrogens with one attached hydrogen (secondary N) is 1. The van der Waals surface area contributed by atoms with Gasteiger partial charge in [-0.2, -0.15) is 0 Å². The number of amides is 1. The number of rotatable bonds is 5. The van der Waals surface area contributed by atoms with Gasteiger partial charge in [0.2, 0.25) is 5.91 Å². The summed E-state index contributed by atoms with van der Waals surface area (Å²) in [7, 11) is 0. The Hall–Kier alpha value is -1.42. The summed E-state index contributed by atoms with van der Waals surface area (Å²) in [6.45, 7) is 0.944. The van der Waals surface area contributed by atoms with E-state index >= 15 is 0 Å².